The number of nitrogens with zero attached hydrogens (tertiary/aromatic N) is 3. The zero-order valence-corrected chi connectivity index (χ0v) is 24.9. The summed E-state index contributed by atoms with van der Waals surface area (Å²) in [5, 5.41) is 6.58. The molecule has 9 nitrogen and oxygen atoms in total. The van der Waals surface area contributed by atoms with Gasteiger partial charge < -0.3 is 10.6 Å². The molecule has 0 radical (unpaired) electrons. The summed E-state index contributed by atoms with van der Waals surface area (Å²) in [6.45, 7) is 2.66. The molecule has 2 fully saturated rings. The van der Waals surface area contributed by atoms with Crippen LogP contribution in [0.2, 0.25) is 0 Å². The van der Waals surface area contributed by atoms with Gasteiger partial charge in [-0.15, -0.1) is 0 Å². The predicted octanol–water partition coefficient (Wildman–Crippen LogP) is 3.66. The average Bonchev–Trinajstić information content (AvgIpc) is 3.56. The number of hydrogen-bond acceptors (Lipinski definition) is 5. The van der Waals surface area contributed by atoms with Crippen LogP contribution >= 0.6 is 0 Å². The molecule has 228 valence electrons. The molecule has 3 aromatic carbocycles. The Kier molecular flexibility index (Phi) is 9.02. The molecule has 1 aliphatic carbocycles. The topological polar surface area (TPSA) is 105 Å². The van der Waals surface area contributed by atoms with Gasteiger partial charge in [0.15, 0.2) is 0 Å². The number of carbonyl (C=O) groups is 2. The maximum absolute atomic E-state index is 13.6. The van der Waals surface area contributed by atoms with Crippen LogP contribution in [0.1, 0.15) is 60.0 Å². The molecular formula is C35H39N5O4. The van der Waals surface area contributed by atoms with Gasteiger partial charge >= 0.3 is 5.69 Å². The van der Waals surface area contributed by atoms with Crippen LogP contribution in [0.25, 0.3) is 10.9 Å². The van der Waals surface area contributed by atoms with E-state index in [1.807, 2.05) is 6.07 Å². The summed E-state index contributed by atoms with van der Waals surface area (Å²) in [7, 11) is 0. The Morgan fingerprint density at radius 2 is 1.32 bits per heavy atom. The molecule has 44 heavy (non-hydrogen) atoms. The van der Waals surface area contributed by atoms with E-state index in [0.29, 0.717) is 22.0 Å². The first-order chi connectivity index (χ1) is 21.4. The van der Waals surface area contributed by atoms with Crippen molar-refractivity contribution in [2.75, 3.05) is 13.1 Å². The minimum Gasteiger partial charge on any atom is -0.352 e. The Balaban J connectivity index is 1.11. The number of likely N-dealkylation sites (tertiary alicyclic amines) is 1. The fraction of sp³-hybridized carbons (Fsp3) is 0.371. The van der Waals surface area contributed by atoms with E-state index in [2.05, 4.69) is 39.8 Å². The van der Waals surface area contributed by atoms with E-state index >= 15 is 0 Å². The van der Waals surface area contributed by atoms with Gasteiger partial charge in [0.2, 0.25) is 5.91 Å². The van der Waals surface area contributed by atoms with Crippen molar-refractivity contribution in [1.82, 2.24) is 24.7 Å². The van der Waals surface area contributed by atoms with E-state index < -0.39 is 11.2 Å². The molecule has 0 unspecified atom stereocenters. The summed E-state index contributed by atoms with van der Waals surface area (Å²) in [5.74, 6) is -0.358. The van der Waals surface area contributed by atoms with Gasteiger partial charge in [-0.25, -0.2) is 4.79 Å². The number of amides is 2. The number of piperidine rings is 1. The van der Waals surface area contributed by atoms with Gasteiger partial charge in [-0.2, -0.15) is 0 Å². The number of hydrogen-bond donors (Lipinski definition) is 2. The highest BCUT2D eigenvalue weighted by atomic mass is 16.2. The summed E-state index contributed by atoms with van der Waals surface area (Å²) < 4.78 is 2.55. The molecule has 1 aliphatic heterocycles. The van der Waals surface area contributed by atoms with Crippen LogP contribution in [0.15, 0.2) is 88.5 Å². The zero-order chi connectivity index (χ0) is 30.5. The first-order valence-electron chi connectivity index (χ1n) is 15.6. The number of carbonyl (C=O) groups excluding carboxylic acids is 2. The summed E-state index contributed by atoms with van der Waals surface area (Å²) in [6, 6.07) is 24.6. The zero-order valence-electron chi connectivity index (χ0n) is 24.9. The normalized spacial score (nSPS) is 16.3. The molecule has 2 N–H and O–H groups in total. The smallest absolute Gasteiger partial charge is 0.332 e. The molecule has 1 saturated carbocycles. The largest absolute Gasteiger partial charge is 0.352 e. The summed E-state index contributed by atoms with van der Waals surface area (Å²) in [5.41, 5.74) is 2.05. The van der Waals surface area contributed by atoms with Gasteiger partial charge in [0.05, 0.1) is 17.4 Å². The standard InChI is InChI=1S/C35H39N5O4/c41-32(36-28-10-4-5-11-28)24-39-31-13-7-6-12-30(31)34(43)40(35(39)44)23-26-14-16-27(17-15-26)33(42)37-29-18-20-38(21-19-29)22-25-8-2-1-3-9-25/h1-3,6-9,12-17,28-29H,4-5,10-11,18-24H2,(H,36,41)(H,37,42). The fourth-order valence-electron chi connectivity index (χ4n) is 6.44. The van der Waals surface area contributed by atoms with Crippen molar-refractivity contribution < 1.29 is 9.59 Å². The highest BCUT2D eigenvalue weighted by molar-refractivity contribution is 5.94. The second-order valence-corrected chi connectivity index (χ2v) is 12.0. The van der Waals surface area contributed by atoms with E-state index in [-0.39, 0.29) is 37.0 Å². The fourth-order valence-corrected chi connectivity index (χ4v) is 6.44. The van der Waals surface area contributed by atoms with E-state index in [4.69, 9.17) is 0 Å². The van der Waals surface area contributed by atoms with Crippen LogP contribution in [0.4, 0.5) is 0 Å². The van der Waals surface area contributed by atoms with Crippen LogP contribution in [-0.2, 0) is 24.4 Å². The van der Waals surface area contributed by atoms with Gasteiger partial charge in [0.1, 0.15) is 6.54 Å². The number of rotatable bonds is 9. The Morgan fingerprint density at radius 1 is 0.682 bits per heavy atom. The minimum atomic E-state index is -0.532. The Labute approximate surface area is 256 Å². The average molecular weight is 594 g/mol. The van der Waals surface area contributed by atoms with Crippen molar-refractivity contribution in [3.05, 3.63) is 116 Å². The highest BCUT2D eigenvalue weighted by Gasteiger charge is 2.22. The lowest BCUT2D eigenvalue weighted by molar-refractivity contribution is -0.122. The molecular weight excluding hydrogens is 554 g/mol. The molecule has 0 bridgehead atoms. The maximum atomic E-state index is 13.6. The molecule has 2 aliphatic rings. The van der Waals surface area contributed by atoms with E-state index in [9.17, 15) is 19.2 Å². The molecule has 2 heterocycles. The van der Waals surface area contributed by atoms with Crippen LogP contribution in [0.5, 0.6) is 0 Å². The maximum Gasteiger partial charge on any atom is 0.332 e. The van der Waals surface area contributed by atoms with Crippen molar-refractivity contribution in [1.29, 1.82) is 0 Å². The van der Waals surface area contributed by atoms with Crippen LogP contribution in [0, 0.1) is 0 Å². The third-order valence-electron chi connectivity index (χ3n) is 8.88. The lowest BCUT2D eigenvalue weighted by Gasteiger charge is -2.32. The van der Waals surface area contributed by atoms with Gasteiger partial charge in [-0.05, 0) is 61.1 Å². The van der Waals surface area contributed by atoms with Crippen molar-refractivity contribution >= 4 is 22.7 Å². The van der Waals surface area contributed by atoms with E-state index in [1.165, 1.54) is 14.7 Å². The first-order valence-corrected chi connectivity index (χ1v) is 15.6. The van der Waals surface area contributed by atoms with Gasteiger partial charge in [-0.3, -0.25) is 28.4 Å². The third kappa shape index (κ3) is 6.83. The molecule has 9 heteroatoms. The van der Waals surface area contributed by atoms with Crippen molar-refractivity contribution in [2.24, 2.45) is 0 Å². The molecule has 1 saturated heterocycles. The number of para-hydroxylation sites is 1. The van der Waals surface area contributed by atoms with Gasteiger partial charge in [0, 0.05) is 37.3 Å². The summed E-state index contributed by atoms with van der Waals surface area (Å²) in [4.78, 5) is 55.2. The van der Waals surface area contributed by atoms with Crippen molar-refractivity contribution in [2.45, 2.75) is 70.2 Å². The Morgan fingerprint density at radius 3 is 2.05 bits per heavy atom. The SMILES string of the molecule is O=C(Cn1c(=O)n(Cc2ccc(C(=O)NC3CCN(Cc4ccccc4)CC3)cc2)c(=O)c2ccccc21)NC1CCCC1. The van der Waals surface area contributed by atoms with E-state index in [0.717, 1.165) is 58.2 Å². The summed E-state index contributed by atoms with van der Waals surface area (Å²) >= 11 is 0. The lowest BCUT2D eigenvalue weighted by atomic mass is 10.0. The molecule has 0 spiro atoms. The second-order valence-electron chi connectivity index (χ2n) is 12.0. The predicted molar refractivity (Wildman–Crippen MR) is 171 cm³/mol. The quantitative estimate of drug-likeness (QED) is 0.308. The minimum absolute atomic E-state index is 0.0362. The van der Waals surface area contributed by atoms with Gasteiger partial charge in [0.25, 0.3) is 11.5 Å². The second kappa shape index (κ2) is 13.4. The number of benzene rings is 3. The van der Waals surface area contributed by atoms with Crippen LogP contribution in [0.3, 0.4) is 0 Å². The number of fused-ring (bicyclic) bond motifs is 1. The third-order valence-corrected chi connectivity index (χ3v) is 8.88. The highest BCUT2D eigenvalue weighted by Crippen LogP contribution is 2.18. The molecule has 6 rings (SSSR count). The molecule has 4 aromatic rings. The number of aromatic nitrogens is 2. The molecule has 0 atom stereocenters. The summed E-state index contributed by atoms with van der Waals surface area (Å²) in [6.07, 6.45) is 5.87. The molecule has 2 amide bonds. The van der Waals surface area contributed by atoms with Crippen molar-refractivity contribution in [3.63, 3.8) is 0 Å². The van der Waals surface area contributed by atoms with Crippen LogP contribution in [-0.4, -0.2) is 51.0 Å². The monoisotopic (exact) mass is 593 g/mol. The molecule has 1 aromatic heterocycles. The van der Waals surface area contributed by atoms with Gasteiger partial charge in [-0.1, -0.05) is 67.4 Å². The lowest BCUT2D eigenvalue weighted by Crippen LogP contribution is -2.44. The van der Waals surface area contributed by atoms with Crippen LogP contribution < -0.4 is 21.9 Å². The number of nitrogens with one attached hydrogen (secondary N) is 2. The van der Waals surface area contributed by atoms with E-state index in [1.54, 1.807) is 48.5 Å². The first kappa shape index (κ1) is 29.6. The van der Waals surface area contributed by atoms with Crippen molar-refractivity contribution in [3.8, 4) is 0 Å². The Bertz CT molecular complexity index is 1730. The Hall–Kier alpha value is -4.50.